The first-order chi connectivity index (χ1) is 9.13. The molecular formula is C13H9BrN2O3. The van der Waals surface area contributed by atoms with Crippen LogP contribution in [-0.4, -0.2) is 21.0 Å². The Morgan fingerprint density at radius 1 is 1.16 bits per heavy atom. The third-order valence-corrected chi connectivity index (χ3v) is 2.50. The summed E-state index contributed by atoms with van der Waals surface area (Å²) in [5.74, 6) is 0.0606. The second kappa shape index (κ2) is 6.10. The van der Waals surface area contributed by atoms with Crippen molar-refractivity contribution in [1.82, 2.24) is 9.97 Å². The summed E-state index contributed by atoms with van der Waals surface area (Å²) in [6.45, 7) is 0. The number of aliphatic carboxylic acids is 1. The molecule has 0 saturated carbocycles. The van der Waals surface area contributed by atoms with Crippen molar-refractivity contribution in [2.75, 3.05) is 0 Å². The van der Waals surface area contributed by atoms with Crippen LogP contribution in [0.25, 0.3) is 6.08 Å². The highest BCUT2D eigenvalue weighted by atomic mass is 79.9. The standard InChI is InChI=1S/C13H9BrN2O3/c14-10-4-12(8-16-6-10)19-11-3-9(5-15-7-11)1-2-13(17)18/h1-8H,(H,17,18)/b2-1+. The van der Waals surface area contributed by atoms with Crippen LogP contribution in [0, 0.1) is 0 Å². The lowest BCUT2D eigenvalue weighted by Crippen LogP contribution is -1.89. The molecule has 19 heavy (non-hydrogen) atoms. The van der Waals surface area contributed by atoms with Gasteiger partial charge < -0.3 is 9.84 Å². The number of carboxylic acid groups (broad SMARTS) is 1. The molecule has 0 aliphatic heterocycles. The van der Waals surface area contributed by atoms with Crippen molar-refractivity contribution in [1.29, 1.82) is 0 Å². The van der Waals surface area contributed by atoms with Gasteiger partial charge in [0.05, 0.1) is 12.4 Å². The normalized spacial score (nSPS) is 10.6. The van der Waals surface area contributed by atoms with E-state index in [-0.39, 0.29) is 0 Å². The SMILES string of the molecule is O=C(O)/C=C/c1cncc(Oc2cncc(Br)c2)c1. The highest BCUT2D eigenvalue weighted by Crippen LogP contribution is 2.23. The maximum absolute atomic E-state index is 10.4. The van der Waals surface area contributed by atoms with Crippen molar-refractivity contribution in [2.24, 2.45) is 0 Å². The summed E-state index contributed by atoms with van der Waals surface area (Å²) in [5.41, 5.74) is 0.642. The lowest BCUT2D eigenvalue weighted by molar-refractivity contribution is -0.131. The van der Waals surface area contributed by atoms with E-state index in [0.29, 0.717) is 17.1 Å². The van der Waals surface area contributed by atoms with Crippen LogP contribution >= 0.6 is 15.9 Å². The van der Waals surface area contributed by atoms with Gasteiger partial charge in [-0.2, -0.15) is 0 Å². The topological polar surface area (TPSA) is 72.3 Å². The number of hydrogen-bond acceptors (Lipinski definition) is 4. The van der Waals surface area contributed by atoms with E-state index in [1.165, 1.54) is 6.08 Å². The number of carbonyl (C=O) groups is 1. The molecule has 0 atom stereocenters. The second-order valence-electron chi connectivity index (χ2n) is 3.57. The van der Waals surface area contributed by atoms with E-state index in [0.717, 1.165) is 10.5 Å². The van der Waals surface area contributed by atoms with Gasteiger partial charge in [0.25, 0.3) is 0 Å². The van der Waals surface area contributed by atoms with Gasteiger partial charge in [-0.1, -0.05) is 0 Å². The zero-order chi connectivity index (χ0) is 13.7. The molecule has 0 amide bonds. The third kappa shape index (κ3) is 4.18. The Bertz CT molecular complexity index is 629. The van der Waals surface area contributed by atoms with Crippen molar-refractivity contribution in [3.63, 3.8) is 0 Å². The van der Waals surface area contributed by atoms with E-state index in [9.17, 15) is 4.79 Å². The van der Waals surface area contributed by atoms with Crippen molar-refractivity contribution in [3.8, 4) is 11.5 Å². The molecule has 2 heterocycles. The maximum atomic E-state index is 10.4. The molecular weight excluding hydrogens is 312 g/mol. The molecule has 0 unspecified atom stereocenters. The molecule has 0 aliphatic carbocycles. The number of nitrogens with zero attached hydrogens (tertiary/aromatic N) is 2. The van der Waals surface area contributed by atoms with E-state index in [1.807, 2.05) is 0 Å². The molecule has 0 fully saturated rings. The molecule has 0 saturated heterocycles. The number of carboxylic acids is 1. The summed E-state index contributed by atoms with van der Waals surface area (Å²) in [5, 5.41) is 8.56. The minimum Gasteiger partial charge on any atom is -0.478 e. The van der Waals surface area contributed by atoms with Crippen molar-refractivity contribution < 1.29 is 14.6 Å². The monoisotopic (exact) mass is 320 g/mol. The zero-order valence-corrected chi connectivity index (χ0v) is 11.2. The second-order valence-corrected chi connectivity index (χ2v) is 4.48. The van der Waals surface area contributed by atoms with Crippen molar-refractivity contribution in [2.45, 2.75) is 0 Å². The highest BCUT2D eigenvalue weighted by molar-refractivity contribution is 9.10. The van der Waals surface area contributed by atoms with Crippen molar-refractivity contribution >= 4 is 28.0 Å². The average Bonchev–Trinajstić information content (AvgIpc) is 2.37. The van der Waals surface area contributed by atoms with Crippen LogP contribution in [0.5, 0.6) is 11.5 Å². The fraction of sp³-hybridized carbons (Fsp3) is 0. The predicted molar refractivity (Wildman–Crippen MR) is 72.9 cm³/mol. The van der Waals surface area contributed by atoms with Crippen LogP contribution in [-0.2, 0) is 4.79 Å². The largest absolute Gasteiger partial charge is 0.478 e. The Labute approximate surface area is 117 Å². The third-order valence-electron chi connectivity index (χ3n) is 2.07. The van der Waals surface area contributed by atoms with Crippen molar-refractivity contribution in [3.05, 3.63) is 53.0 Å². The number of ether oxygens (including phenoxy) is 1. The molecule has 2 rings (SSSR count). The van der Waals surface area contributed by atoms with Gasteiger partial charge in [-0.05, 0) is 39.7 Å². The Morgan fingerprint density at radius 2 is 1.84 bits per heavy atom. The number of aromatic nitrogens is 2. The quantitative estimate of drug-likeness (QED) is 0.876. The van der Waals surface area contributed by atoms with Gasteiger partial charge in [0.15, 0.2) is 0 Å². The molecule has 2 aromatic heterocycles. The summed E-state index contributed by atoms with van der Waals surface area (Å²) in [7, 11) is 0. The zero-order valence-electron chi connectivity index (χ0n) is 9.65. The summed E-state index contributed by atoms with van der Waals surface area (Å²) >= 11 is 3.30. The first kappa shape index (κ1) is 13.2. The van der Waals surface area contributed by atoms with E-state index >= 15 is 0 Å². The summed E-state index contributed by atoms with van der Waals surface area (Å²) in [6.07, 6.45) is 8.80. The molecule has 0 radical (unpaired) electrons. The number of pyridine rings is 2. The first-order valence-corrected chi connectivity index (χ1v) is 6.07. The van der Waals surface area contributed by atoms with Crippen LogP contribution < -0.4 is 4.74 Å². The smallest absolute Gasteiger partial charge is 0.328 e. The van der Waals surface area contributed by atoms with Crippen LogP contribution in [0.3, 0.4) is 0 Å². The lowest BCUT2D eigenvalue weighted by Gasteiger charge is -2.05. The first-order valence-electron chi connectivity index (χ1n) is 5.28. The van der Waals surface area contributed by atoms with Gasteiger partial charge >= 0.3 is 5.97 Å². The minimum absolute atomic E-state index is 0.507. The average molecular weight is 321 g/mol. The molecule has 2 aromatic rings. The fourth-order valence-electron chi connectivity index (χ4n) is 1.33. The maximum Gasteiger partial charge on any atom is 0.328 e. The summed E-state index contributed by atoms with van der Waals surface area (Å²) in [6, 6.07) is 3.46. The van der Waals surface area contributed by atoms with Gasteiger partial charge in [0.1, 0.15) is 11.5 Å². The van der Waals surface area contributed by atoms with E-state index in [2.05, 4.69) is 25.9 Å². The molecule has 0 aromatic carbocycles. The summed E-state index contributed by atoms with van der Waals surface area (Å²) in [4.78, 5) is 18.4. The number of rotatable bonds is 4. The van der Waals surface area contributed by atoms with Gasteiger partial charge in [0, 0.05) is 22.9 Å². The van der Waals surface area contributed by atoms with Gasteiger partial charge in [-0.3, -0.25) is 9.97 Å². The highest BCUT2D eigenvalue weighted by Gasteiger charge is 2.00. The number of halogens is 1. The van der Waals surface area contributed by atoms with Gasteiger partial charge in [-0.25, -0.2) is 4.79 Å². The van der Waals surface area contributed by atoms with Gasteiger partial charge in [0.2, 0.25) is 0 Å². The molecule has 5 nitrogen and oxygen atoms in total. The molecule has 0 spiro atoms. The molecule has 1 N–H and O–H groups in total. The summed E-state index contributed by atoms with van der Waals surface area (Å²) < 4.78 is 6.38. The molecule has 0 bridgehead atoms. The fourth-order valence-corrected chi connectivity index (χ4v) is 1.68. The Hall–Kier alpha value is -2.21. The van der Waals surface area contributed by atoms with E-state index in [1.54, 1.807) is 36.9 Å². The Morgan fingerprint density at radius 3 is 2.53 bits per heavy atom. The van der Waals surface area contributed by atoms with Crippen LogP contribution in [0.4, 0.5) is 0 Å². The lowest BCUT2D eigenvalue weighted by atomic mass is 10.2. The predicted octanol–water partition coefficient (Wildman–Crippen LogP) is 3.13. The molecule has 0 aliphatic rings. The van der Waals surface area contributed by atoms with Crippen LogP contribution in [0.2, 0.25) is 0 Å². The van der Waals surface area contributed by atoms with E-state index in [4.69, 9.17) is 9.84 Å². The minimum atomic E-state index is -1.01. The van der Waals surface area contributed by atoms with E-state index < -0.39 is 5.97 Å². The van der Waals surface area contributed by atoms with Crippen LogP contribution in [0.15, 0.2) is 47.5 Å². The Balaban J connectivity index is 2.17. The molecule has 6 heteroatoms. The Kier molecular flexibility index (Phi) is 4.25. The van der Waals surface area contributed by atoms with Gasteiger partial charge in [-0.15, -0.1) is 0 Å². The van der Waals surface area contributed by atoms with Crippen LogP contribution in [0.1, 0.15) is 5.56 Å². The number of hydrogen-bond donors (Lipinski definition) is 1. The molecule has 96 valence electrons.